The molecule has 0 bridgehead atoms. The quantitative estimate of drug-likeness (QED) is 0.578. The predicted molar refractivity (Wildman–Crippen MR) is 73.6 cm³/mol. The largest absolute Gasteiger partial charge is 0.480 e. The highest BCUT2D eigenvalue weighted by Gasteiger charge is 2.20. The molecule has 1 amide bonds. The average Bonchev–Trinajstić information content (AvgIpc) is 2.38. The minimum Gasteiger partial charge on any atom is -0.480 e. The number of carbonyl (C=O) groups is 5. The molecule has 0 aliphatic heterocycles. The van der Waals surface area contributed by atoms with Gasteiger partial charge in [0.15, 0.2) is 0 Å². The molecule has 0 rings (SSSR count). The van der Waals surface area contributed by atoms with Crippen molar-refractivity contribution in [3.8, 4) is 0 Å². The monoisotopic (exact) mass is 299 g/mol. The highest BCUT2D eigenvalue weighted by Crippen LogP contribution is 2.03. The van der Waals surface area contributed by atoms with Gasteiger partial charge in [0, 0.05) is 32.1 Å². The molecule has 0 unspecified atom stereocenters. The van der Waals surface area contributed by atoms with Crippen molar-refractivity contribution < 1.29 is 29.1 Å². The number of hydrogen-bond donors (Lipinski definition) is 2. The standard InChI is InChI=1S/C14H21NO6/c1-9(16)3-5-11(18)6-8-13(19)15-12(14(20)21)7-4-10(2)17/h12H,3-8H2,1-2H3,(H,15,19)(H,20,21)/t12-/m1/s1. The number of nitrogens with one attached hydrogen (secondary N) is 1. The SMILES string of the molecule is CC(=O)CCC(=O)CCC(=O)N[C@H](CCC(C)=O)C(=O)O. The predicted octanol–water partition coefficient (Wildman–Crippen LogP) is 0.643. The van der Waals surface area contributed by atoms with Crippen molar-refractivity contribution in [2.45, 2.75) is 58.4 Å². The van der Waals surface area contributed by atoms with Crippen LogP contribution in [0.15, 0.2) is 0 Å². The van der Waals surface area contributed by atoms with Crippen molar-refractivity contribution in [1.29, 1.82) is 0 Å². The van der Waals surface area contributed by atoms with Crippen molar-refractivity contribution >= 4 is 29.2 Å². The lowest BCUT2D eigenvalue weighted by Gasteiger charge is -2.13. The van der Waals surface area contributed by atoms with Crippen LogP contribution in [0.1, 0.15) is 52.4 Å². The van der Waals surface area contributed by atoms with Gasteiger partial charge in [-0.3, -0.25) is 9.59 Å². The zero-order valence-electron chi connectivity index (χ0n) is 12.3. The van der Waals surface area contributed by atoms with Gasteiger partial charge in [0.2, 0.25) is 5.91 Å². The highest BCUT2D eigenvalue weighted by molar-refractivity contribution is 5.89. The van der Waals surface area contributed by atoms with E-state index in [0.29, 0.717) is 0 Å². The summed E-state index contributed by atoms with van der Waals surface area (Å²) in [7, 11) is 0. The second-order valence-electron chi connectivity index (χ2n) is 4.94. The number of amides is 1. The summed E-state index contributed by atoms with van der Waals surface area (Å²) in [6.45, 7) is 2.72. The van der Waals surface area contributed by atoms with Crippen LogP contribution in [0, 0.1) is 0 Å². The van der Waals surface area contributed by atoms with Gasteiger partial charge < -0.3 is 20.0 Å². The second-order valence-corrected chi connectivity index (χ2v) is 4.94. The van der Waals surface area contributed by atoms with Crippen LogP contribution in [-0.4, -0.2) is 40.4 Å². The first-order valence-electron chi connectivity index (χ1n) is 6.75. The summed E-state index contributed by atoms with van der Waals surface area (Å²) in [5.41, 5.74) is 0. The molecule has 7 nitrogen and oxygen atoms in total. The summed E-state index contributed by atoms with van der Waals surface area (Å²) in [6, 6.07) is -1.13. The Bertz CT molecular complexity index is 429. The average molecular weight is 299 g/mol. The molecule has 0 aliphatic rings. The lowest BCUT2D eigenvalue weighted by Crippen LogP contribution is -2.41. The molecule has 2 N–H and O–H groups in total. The van der Waals surface area contributed by atoms with Crippen molar-refractivity contribution in [2.75, 3.05) is 0 Å². The molecule has 0 saturated heterocycles. The number of carboxylic acid groups (broad SMARTS) is 1. The molecule has 0 radical (unpaired) electrons. The molecule has 0 aliphatic carbocycles. The van der Waals surface area contributed by atoms with E-state index in [1.807, 2.05) is 0 Å². The molecule has 0 saturated carbocycles. The molecule has 0 heterocycles. The number of rotatable bonds is 11. The number of aliphatic carboxylic acids is 1. The maximum atomic E-state index is 11.6. The third kappa shape index (κ3) is 10.4. The van der Waals surface area contributed by atoms with Crippen LogP contribution >= 0.6 is 0 Å². The van der Waals surface area contributed by atoms with Gasteiger partial charge in [-0.1, -0.05) is 0 Å². The van der Waals surface area contributed by atoms with Crippen LogP contribution < -0.4 is 5.32 Å². The third-order valence-electron chi connectivity index (χ3n) is 2.81. The van der Waals surface area contributed by atoms with Gasteiger partial charge in [-0.15, -0.1) is 0 Å². The number of hydrogen-bond acceptors (Lipinski definition) is 5. The Morgan fingerprint density at radius 2 is 1.38 bits per heavy atom. The lowest BCUT2D eigenvalue weighted by atomic mass is 10.1. The molecule has 0 spiro atoms. The fourth-order valence-electron chi connectivity index (χ4n) is 1.56. The summed E-state index contributed by atoms with van der Waals surface area (Å²) in [6.07, 6.45) is 0.175. The van der Waals surface area contributed by atoms with E-state index in [4.69, 9.17) is 5.11 Å². The van der Waals surface area contributed by atoms with Gasteiger partial charge in [0.25, 0.3) is 0 Å². The topological polar surface area (TPSA) is 118 Å². The first-order chi connectivity index (χ1) is 9.72. The first kappa shape index (κ1) is 18.9. The van der Waals surface area contributed by atoms with E-state index in [2.05, 4.69) is 5.32 Å². The molecule has 1 atom stereocenters. The summed E-state index contributed by atoms with van der Waals surface area (Å²) in [4.78, 5) is 55.4. The Morgan fingerprint density at radius 1 is 0.857 bits per heavy atom. The van der Waals surface area contributed by atoms with Gasteiger partial charge in [0.1, 0.15) is 23.4 Å². The molecular formula is C14H21NO6. The molecule has 0 aromatic carbocycles. The maximum Gasteiger partial charge on any atom is 0.326 e. The molecule has 0 aromatic rings. The van der Waals surface area contributed by atoms with E-state index in [9.17, 15) is 24.0 Å². The van der Waals surface area contributed by atoms with Crippen LogP contribution in [0.4, 0.5) is 0 Å². The molecule has 118 valence electrons. The van der Waals surface area contributed by atoms with Crippen molar-refractivity contribution in [2.24, 2.45) is 0 Å². The van der Waals surface area contributed by atoms with Gasteiger partial charge >= 0.3 is 5.97 Å². The van der Waals surface area contributed by atoms with E-state index in [1.165, 1.54) is 13.8 Å². The Balaban J connectivity index is 4.14. The second kappa shape index (κ2) is 9.79. The van der Waals surface area contributed by atoms with Crippen LogP contribution in [0.2, 0.25) is 0 Å². The molecule has 21 heavy (non-hydrogen) atoms. The minimum absolute atomic E-state index is 0.0225. The Kier molecular flexibility index (Phi) is 8.84. The van der Waals surface area contributed by atoms with Gasteiger partial charge in [-0.25, -0.2) is 4.79 Å². The van der Waals surface area contributed by atoms with Gasteiger partial charge in [0.05, 0.1) is 0 Å². The maximum absolute atomic E-state index is 11.6. The fourth-order valence-corrected chi connectivity index (χ4v) is 1.56. The number of carboxylic acids is 1. The molecular weight excluding hydrogens is 278 g/mol. The highest BCUT2D eigenvalue weighted by atomic mass is 16.4. The Hall–Kier alpha value is -2.05. The molecule has 7 heteroatoms. The lowest BCUT2D eigenvalue weighted by molar-refractivity contribution is -0.142. The normalized spacial score (nSPS) is 11.5. The summed E-state index contributed by atoms with van der Waals surface area (Å²) in [5.74, 6) is -2.23. The minimum atomic E-state index is -1.22. The van der Waals surface area contributed by atoms with Crippen molar-refractivity contribution in [3.63, 3.8) is 0 Å². The zero-order valence-corrected chi connectivity index (χ0v) is 12.3. The van der Waals surface area contributed by atoms with E-state index in [1.54, 1.807) is 0 Å². The van der Waals surface area contributed by atoms with Crippen LogP contribution in [0.25, 0.3) is 0 Å². The van der Waals surface area contributed by atoms with E-state index < -0.39 is 17.9 Å². The smallest absolute Gasteiger partial charge is 0.326 e. The summed E-state index contributed by atoms with van der Waals surface area (Å²) in [5, 5.41) is 11.2. The zero-order chi connectivity index (χ0) is 16.4. The Morgan fingerprint density at radius 3 is 1.86 bits per heavy atom. The first-order valence-corrected chi connectivity index (χ1v) is 6.75. The number of Topliss-reactive ketones (excluding diaryl/α,β-unsaturated/α-hetero) is 3. The van der Waals surface area contributed by atoms with Crippen LogP contribution in [0.5, 0.6) is 0 Å². The van der Waals surface area contributed by atoms with Gasteiger partial charge in [-0.2, -0.15) is 0 Å². The van der Waals surface area contributed by atoms with Crippen LogP contribution in [-0.2, 0) is 24.0 Å². The summed E-state index contributed by atoms with van der Waals surface area (Å²) >= 11 is 0. The Labute approximate surface area is 123 Å². The van der Waals surface area contributed by atoms with Crippen molar-refractivity contribution in [1.82, 2.24) is 5.32 Å². The van der Waals surface area contributed by atoms with Gasteiger partial charge in [-0.05, 0) is 20.3 Å². The van der Waals surface area contributed by atoms with E-state index in [0.717, 1.165) is 0 Å². The van der Waals surface area contributed by atoms with E-state index >= 15 is 0 Å². The molecule has 0 fully saturated rings. The summed E-state index contributed by atoms with van der Waals surface area (Å²) < 4.78 is 0. The van der Waals surface area contributed by atoms with Crippen molar-refractivity contribution in [3.05, 3.63) is 0 Å². The number of ketones is 3. The van der Waals surface area contributed by atoms with Crippen LogP contribution in [0.3, 0.4) is 0 Å². The fraction of sp³-hybridized carbons (Fsp3) is 0.643. The van der Waals surface area contributed by atoms with E-state index in [-0.39, 0.29) is 55.9 Å². The third-order valence-corrected chi connectivity index (χ3v) is 2.81. The number of carbonyl (C=O) groups excluding carboxylic acids is 4. The molecule has 0 aromatic heterocycles.